The molecule has 2 aromatic heterocycles. The van der Waals surface area contributed by atoms with E-state index in [1.165, 1.54) is 22.8 Å². The second-order valence-electron chi connectivity index (χ2n) is 8.52. The lowest BCUT2D eigenvalue weighted by Gasteiger charge is -2.16. The van der Waals surface area contributed by atoms with E-state index in [0.717, 1.165) is 16.5 Å². The van der Waals surface area contributed by atoms with Crippen molar-refractivity contribution < 1.29 is 14.6 Å². The maximum atomic E-state index is 13.3. The number of aryl methyl sites for hydroxylation is 1. The number of hydrogen-bond acceptors (Lipinski definition) is 4. The molecule has 0 saturated carbocycles. The zero-order valence-corrected chi connectivity index (χ0v) is 18.7. The molecule has 0 spiro atoms. The van der Waals surface area contributed by atoms with Gasteiger partial charge in [-0.05, 0) is 65.9 Å². The summed E-state index contributed by atoms with van der Waals surface area (Å²) < 4.78 is 16.6. The molecule has 5 rings (SSSR count). The zero-order chi connectivity index (χ0) is 24.0. The topological polar surface area (TPSA) is 96.1 Å². The minimum absolute atomic E-state index is 0.0639. The summed E-state index contributed by atoms with van der Waals surface area (Å²) in [5.41, 5.74) is 2.98. The number of fused-ring (bicyclic) bond motifs is 1. The molecule has 1 atom stereocenters. The fraction of sp³-hybridized carbons (Fsp3) is 0.154. The van der Waals surface area contributed by atoms with Crippen LogP contribution in [-0.2, 0) is 13.5 Å². The summed E-state index contributed by atoms with van der Waals surface area (Å²) in [6.07, 6.45) is 2.49. The lowest BCUT2D eigenvalue weighted by molar-refractivity contribution is 0.443. The van der Waals surface area contributed by atoms with Crippen LogP contribution >= 0.6 is 0 Å². The summed E-state index contributed by atoms with van der Waals surface area (Å²) in [5, 5.41) is 28.8. The maximum absolute atomic E-state index is 13.3. The second-order valence-corrected chi connectivity index (χ2v) is 8.52. The number of benzene rings is 3. The molecular weight excluding hydrogens is 435 g/mol. The molecule has 2 heterocycles. The lowest BCUT2D eigenvalue weighted by atomic mass is 9.91. The number of aromatic nitrogens is 4. The Balaban J connectivity index is 1.58. The molecular formula is C26H23FN4O3. The molecule has 5 aromatic rings. The number of halogens is 1. The normalized spacial score (nSPS) is 12.3. The minimum atomic E-state index is -0.446. The molecule has 172 valence electrons. The molecule has 3 aromatic carbocycles. The first-order chi connectivity index (χ1) is 16.3. The first kappa shape index (κ1) is 21.5. The highest BCUT2D eigenvalue weighted by molar-refractivity contribution is 5.82. The predicted molar refractivity (Wildman–Crippen MR) is 128 cm³/mol. The molecule has 0 aliphatic rings. The van der Waals surface area contributed by atoms with Crippen LogP contribution in [-0.4, -0.2) is 29.5 Å². The van der Waals surface area contributed by atoms with Gasteiger partial charge in [0.25, 0.3) is 0 Å². The van der Waals surface area contributed by atoms with Gasteiger partial charge in [-0.3, -0.25) is 0 Å². The highest BCUT2D eigenvalue weighted by Crippen LogP contribution is 2.38. The fourth-order valence-electron chi connectivity index (χ4n) is 4.38. The number of phenols is 2. The first-order valence-corrected chi connectivity index (χ1v) is 10.9. The van der Waals surface area contributed by atoms with Gasteiger partial charge >= 0.3 is 5.69 Å². The Morgan fingerprint density at radius 1 is 1.03 bits per heavy atom. The number of H-pyrrole nitrogens is 1. The van der Waals surface area contributed by atoms with Gasteiger partial charge in [0.15, 0.2) is 5.82 Å². The van der Waals surface area contributed by atoms with Crippen molar-refractivity contribution in [3.05, 3.63) is 94.3 Å². The van der Waals surface area contributed by atoms with Crippen LogP contribution in [0.3, 0.4) is 0 Å². The van der Waals surface area contributed by atoms with Crippen LogP contribution in [0.5, 0.6) is 11.5 Å². The average Bonchev–Trinajstić information content (AvgIpc) is 3.37. The van der Waals surface area contributed by atoms with Crippen LogP contribution in [0.2, 0.25) is 0 Å². The van der Waals surface area contributed by atoms with Crippen molar-refractivity contribution in [2.24, 2.45) is 7.05 Å². The molecule has 0 amide bonds. The number of rotatable bonds is 5. The molecule has 0 saturated heterocycles. The molecule has 1 unspecified atom stereocenters. The van der Waals surface area contributed by atoms with Gasteiger partial charge in [0.05, 0.1) is 11.3 Å². The molecule has 8 heteroatoms. The fourth-order valence-corrected chi connectivity index (χ4v) is 4.38. The first-order valence-electron chi connectivity index (χ1n) is 10.9. The smallest absolute Gasteiger partial charge is 0.348 e. The summed E-state index contributed by atoms with van der Waals surface area (Å²) in [6.45, 7) is 1.93. The largest absolute Gasteiger partial charge is 0.508 e. The van der Waals surface area contributed by atoms with Crippen molar-refractivity contribution >= 4 is 10.9 Å². The standard InChI is InChI=1S/C26H23FN4O3/c1-15(11-16-3-5-18(27)6-4-16)20-13-21(24(33)14-23(20)32)25-28-29-26(34)31(25)19-7-8-22-17(12-19)9-10-30(22)2/h3-10,12-15,32-33H,11H2,1-2H3,(H,29,34). The molecule has 0 bridgehead atoms. The molecule has 3 N–H and O–H groups in total. The van der Waals surface area contributed by atoms with Gasteiger partial charge in [-0.1, -0.05) is 19.1 Å². The van der Waals surface area contributed by atoms with Crippen molar-refractivity contribution in [2.75, 3.05) is 0 Å². The number of aromatic amines is 1. The van der Waals surface area contributed by atoms with E-state index < -0.39 is 5.69 Å². The Hall–Kier alpha value is -4.33. The van der Waals surface area contributed by atoms with Crippen LogP contribution in [0.15, 0.2) is 71.7 Å². The minimum Gasteiger partial charge on any atom is -0.508 e. The van der Waals surface area contributed by atoms with E-state index in [9.17, 15) is 19.4 Å². The number of nitrogens with one attached hydrogen (secondary N) is 1. The Bertz CT molecular complexity index is 1560. The van der Waals surface area contributed by atoms with E-state index in [4.69, 9.17) is 0 Å². The van der Waals surface area contributed by atoms with Gasteiger partial charge in [-0.15, -0.1) is 0 Å². The third-order valence-electron chi connectivity index (χ3n) is 6.17. The van der Waals surface area contributed by atoms with Gasteiger partial charge in [0, 0.05) is 30.2 Å². The molecule has 0 radical (unpaired) electrons. The summed E-state index contributed by atoms with van der Waals surface area (Å²) in [6, 6.07) is 16.7. The molecule has 0 aliphatic heterocycles. The van der Waals surface area contributed by atoms with Gasteiger partial charge in [0.1, 0.15) is 17.3 Å². The SMILES string of the molecule is CC(Cc1ccc(F)cc1)c1cc(-c2n[nH]c(=O)n2-c2ccc3c(ccn3C)c2)c(O)cc1O. The number of aromatic hydroxyl groups is 2. The Labute approximate surface area is 194 Å². The second kappa shape index (κ2) is 8.22. The quantitative estimate of drug-likeness (QED) is 0.358. The summed E-state index contributed by atoms with van der Waals surface area (Å²) in [4.78, 5) is 12.7. The lowest BCUT2D eigenvalue weighted by Crippen LogP contribution is -2.15. The van der Waals surface area contributed by atoms with Crippen LogP contribution in [0.25, 0.3) is 28.0 Å². The molecule has 0 fully saturated rings. The monoisotopic (exact) mass is 458 g/mol. The number of nitrogens with zero attached hydrogens (tertiary/aromatic N) is 3. The molecule has 0 aliphatic carbocycles. The Kier molecular flexibility index (Phi) is 5.20. The summed E-state index contributed by atoms with van der Waals surface area (Å²) in [7, 11) is 1.95. The van der Waals surface area contributed by atoms with Crippen LogP contribution in [0, 0.1) is 5.82 Å². The van der Waals surface area contributed by atoms with E-state index in [2.05, 4.69) is 10.2 Å². The highest BCUT2D eigenvalue weighted by Gasteiger charge is 2.21. The predicted octanol–water partition coefficient (Wildman–Crippen LogP) is 4.62. The number of hydrogen-bond donors (Lipinski definition) is 3. The average molecular weight is 458 g/mol. The molecule has 7 nitrogen and oxygen atoms in total. The van der Waals surface area contributed by atoms with Crippen molar-refractivity contribution in [3.63, 3.8) is 0 Å². The van der Waals surface area contributed by atoms with Crippen molar-refractivity contribution in [2.45, 2.75) is 19.3 Å². The number of phenolic OH excluding ortho intramolecular Hbond substituents is 2. The van der Waals surface area contributed by atoms with E-state index >= 15 is 0 Å². The van der Waals surface area contributed by atoms with E-state index in [0.29, 0.717) is 23.2 Å². The Morgan fingerprint density at radius 2 is 1.79 bits per heavy atom. The van der Waals surface area contributed by atoms with Gasteiger partial charge in [-0.2, -0.15) is 5.10 Å². The van der Waals surface area contributed by atoms with Crippen LogP contribution in [0.4, 0.5) is 4.39 Å². The van der Waals surface area contributed by atoms with Gasteiger partial charge in [-0.25, -0.2) is 18.9 Å². The van der Waals surface area contributed by atoms with Crippen molar-refractivity contribution in [3.8, 4) is 28.6 Å². The van der Waals surface area contributed by atoms with E-state index in [-0.39, 0.29) is 29.1 Å². The molecule has 34 heavy (non-hydrogen) atoms. The Morgan fingerprint density at radius 3 is 2.56 bits per heavy atom. The summed E-state index contributed by atoms with van der Waals surface area (Å²) in [5.74, 6) is -0.490. The van der Waals surface area contributed by atoms with Gasteiger partial charge in [0.2, 0.25) is 0 Å². The summed E-state index contributed by atoms with van der Waals surface area (Å²) >= 11 is 0. The zero-order valence-electron chi connectivity index (χ0n) is 18.7. The third kappa shape index (κ3) is 3.73. The van der Waals surface area contributed by atoms with Crippen LogP contribution in [0.1, 0.15) is 24.0 Å². The van der Waals surface area contributed by atoms with Crippen molar-refractivity contribution in [1.82, 2.24) is 19.3 Å². The van der Waals surface area contributed by atoms with E-state index in [1.807, 2.05) is 49.0 Å². The highest BCUT2D eigenvalue weighted by atomic mass is 19.1. The third-order valence-corrected chi connectivity index (χ3v) is 6.17. The van der Waals surface area contributed by atoms with Gasteiger partial charge < -0.3 is 14.8 Å². The van der Waals surface area contributed by atoms with Crippen LogP contribution < -0.4 is 5.69 Å². The van der Waals surface area contributed by atoms with E-state index in [1.54, 1.807) is 18.2 Å². The maximum Gasteiger partial charge on any atom is 0.348 e. The van der Waals surface area contributed by atoms with Crippen molar-refractivity contribution in [1.29, 1.82) is 0 Å².